The molecule has 5 nitrogen and oxygen atoms in total. The predicted octanol–water partition coefficient (Wildman–Crippen LogP) is 2.26. The molecule has 1 aromatic carbocycles. The number of hydrogen-bond donors (Lipinski definition) is 1. The number of nitrogens with zero attached hydrogens (tertiary/aromatic N) is 2. The molecule has 2 aromatic rings. The molecule has 1 amide bonds. The number of hydrogen-bond acceptors (Lipinski definition) is 3. The van der Waals surface area contributed by atoms with E-state index >= 15 is 0 Å². The molecule has 0 unspecified atom stereocenters. The second-order valence-corrected chi connectivity index (χ2v) is 4.99. The molecule has 1 aromatic heterocycles. The zero-order valence-corrected chi connectivity index (χ0v) is 12.7. The Bertz CT molecular complexity index is 602. The van der Waals surface area contributed by atoms with Crippen molar-refractivity contribution in [1.29, 1.82) is 0 Å². The number of methoxy groups -OCH3 is 1. The van der Waals surface area contributed by atoms with Gasteiger partial charge in [-0.2, -0.15) is 5.10 Å². The number of carbonyl (C=O) groups excluding carboxylic acids is 1. The van der Waals surface area contributed by atoms with Gasteiger partial charge in [-0.25, -0.2) is 4.68 Å². The summed E-state index contributed by atoms with van der Waals surface area (Å²) in [6.07, 6.45) is 0.812. The molecular weight excluding hydrogens is 266 g/mol. The summed E-state index contributed by atoms with van der Waals surface area (Å²) in [5.74, 6) is -0.0639. The molecule has 0 atom stereocenters. The highest BCUT2D eigenvalue weighted by Gasteiger charge is 2.07. The van der Waals surface area contributed by atoms with Crippen molar-refractivity contribution in [1.82, 2.24) is 15.1 Å². The van der Waals surface area contributed by atoms with Crippen LogP contribution in [-0.2, 0) is 4.74 Å². The fourth-order valence-corrected chi connectivity index (χ4v) is 2.16. The van der Waals surface area contributed by atoms with E-state index in [9.17, 15) is 4.79 Å². The Kier molecular flexibility index (Phi) is 5.11. The fourth-order valence-electron chi connectivity index (χ4n) is 2.16. The highest BCUT2D eigenvalue weighted by molar-refractivity contribution is 5.94. The van der Waals surface area contributed by atoms with E-state index < -0.39 is 0 Å². The van der Waals surface area contributed by atoms with Crippen LogP contribution in [0.4, 0.5) is 0 Å². The molecule has 1 N–H and O–H groups in total. The number of rotatable bonds is 6. The number of nitrogens with one attached hydrogen (secondary N) is 1. The highest BCUT2D eigenvalue weighted by Crippen LogP contribution is 2.13. The number of aromatic nitrogens is 2. The van der Waals surface area contributed by atoms with Gasteiger partial charge in [0.15, 0.2) is 0 Å². The van der Waals surface area contributed by atoms with Gasteiger partial charge in [0.05, 0.1) is 11.4 Å². The number of carbonyl (C=O) groups is 1. The van der Waals surface area contributed by atoms with E-state index in [-0.39, 0.29) is 5.91 Å². The Labute approximate surface area is 124 Å². The average Bonchev–Trinajstić information content (AvgIpc) is 2.82. The minimum absolute atomic E-state index is 0.0639. The van der Waals surface area contributed by atoms with Crippen molar-refractivity contribution in [3.8, 4) is 5.69 Å². The Hall–Kier alpha value is -2.14. The largest absolute Gasteiger partial charge is 0.385 e. The molecule has 1 heterocycles. The molecule has 0 aliphatic rings. The minimum atomic E-state index is -0.0639. The third-order valence-corrected chi connectivity index (χ3v) is 3.19. The summed E-state index contributed by atoms with van der Waals surface area (Å²) in [5, 5.41) is 7.29. The monoisotopic (exact) mass is 287 g/mol. The molecular formula is C16H21N3O2. The van der Waals surface area contributed by atoms with Crippen LogP contribution in [0.2, 0.25) is 0 Å². The number of benzene rings is 1. The zero-order valence-electron chi connectivity index (χ0n) is 12.7. The summed E-state index contributed by atoms with van der Waals surface area (Å²) in [7, 11) is 1.65. The van der Waals surface area contributed by atoms with Crippen LogP contribution in [0.3, 0.4) is 0 Å². The lowest BCUT2D eigenvalue weighted by Gasteiger charge is -2.07. The van der Waals surface area contributed by atoms with Crippen LogP contribution in [0.15, 0.2) is 30.3 Å². The Morgan fingerprint density at radius 1 is 1.29 bits per heavy atom. The molecule has 0 bridgehead atoms. The normalized spacial score (nSPS) is 10.6. The maximum Gasteiger partial charge on any atom is 0.251 e. The molecule has 0 aliphatic heterocycles. The van der Waals surface area contributed by atoms with E-state index in [2.05, 4.69) is 10.4 Å². The van der Waals surface area contributed by atoms with Gasteiger partial charge in [0.2, 0.25) is 0 Å². The highest BCUT2D eigenvalue weighted by atomic mass is 16.5. The first-order chi connectivity index (χ1) is 10.1. The summed E-state index contributed by atoms with van der Waals surface area (Å²) >= 11 is 0. The van der Waals surface area contributed by atoms with Crippen LogP contribution in [0.5, 0.6) is 0 Å². The number of amides is 1. The van der Waals surface area contributed by atoms with Gasteiger partial charge in [0, 0.05) is 31.5 Å². The summed E-state index contributed by atoms with van der Waals surface area (Å²) in [6, 6.07) is 9.47. The molecule has 0 radical (unpaired) electrons. The first-order valence-corrected chi connectivity index (χ1v) is 7.02. The van der Waals surface area contributed by atoms with Gasteiger partial charge in [-0.15, -0.1) is 0 Å². The Balaban J connectivity index is 2.02. The zero-order chi connectivity index (χ0) is 15.2. The SMILES string of the molecule is COCCCNC(=O)c1ccc(-n2nc(C)cc2C)cc1. The molecule has 0 saturated heterocycles. The first-order valence-electron chi connectivity index (χ1n) is 7.02. The lowest BCUT2D eigenvalue weighted by Crippen LogP contribution is -2.25. The van der Waals surface area contributed by atoms with Gasteiger partial charge in [-0.1, -0.05) is 0 Å². The molecule has 5 heteroatoms. The fraction of sp³-hybridized carbons (Fsp3) is 0.375. The van der Waals surface area contributed by atoms with Crippen molar-refractivity contribution < 1.29 is 9.53 Å². The van der Waals surface area contributed by atoms with Gasteiger partial charge >= 0.3 is 0 Å². The lowest BCUT2D eigenvalue weighted by molar-refractivity contribution is 0.0948. The topological polar surface area (TPSA) is 56.1 Å². The maximum atomic E-state index is 12.0. The third-order valence-electron chi connectivity index (χ3n) is 3.19. The summed E-state index contributed by atoms with van der Waals surface area (Å²) < 4.78 is 6.82. The van der Waals surface area contributed by atoms with Crippen molar-refractivity contribution in [2.75, 3.05) is 20.3 Å². The minimum Gasteiger partial charge on any atom is -0.385 e. The van der Waals surface area contributed by atoms with E-state index in [0.29, 0.717) is 18.7 Å². The smallest absolute Gasteiger partial charge is 0.251 e. The number of ether oxygens (including phenoxy) is 1. The van der Waals surface area contributed by atoms with E-state index in [0.717, 1.165) is 23.5 Å². The van der Waals surface area contributed by atoms with Crippen LogP contribution < -0.4 is 5.32 Å². The molecule has 0 saturated carbocycles. The third kappa shape index (κ3) is 3.92. The summed E-state index contributed by atoms with van der Waals surface area (Å²) in [5.41, 5.74) is 3.66. The Morgan fingerprint density at radius 2 is 2.00 bits per heavy atom. The van der Waals surface area contributed by atoms with Gasteiger partial charge in [-0.3, -0.25) is 4.79 Å². The van der Waals surface area contributed by atoms with Crippen molar-refractivity contribution in [2.24, 2.45) is 0 Å². The van der Waals surface area contributed by atoms with Crippen LogP contribution in [-0.4, -0.2) is 35.9 Å². The van der Waals surface area contributed by atoms with Gasteiger partial charge in [-0.05, 0) is 50.6 Å². The van der Waals surface area contributed by atoms with E-state index in [1.807, 2.05) is 48.9 Å². The van der Waals surface area contributed by atoms with Gasteiger partial charge in [0.25, 0.3) is 5.91 Å². The van der Waals surface area contributed by atoms with E-state index in [1.54, 1.807) is 7.11 Å². The average molecular weight is 287 g/mol. The lowest BCUT2D eigenvalue weighted by atomic mass is 10.2. The van der Waals surface area contributed by atoms with Gasteiger partial charge in [0.1, 0.15) is 0 Å². The second kappa shape index (κ2) is 7.04. The van der Waals surface area contributed by atoms with Crippen LogP contribution in [0, 0.1) is 13.8 Å². The maximum absolute atomic E-state index is 12.0. The molecule has 112 valence electrons. The Morgan fingerprint density at radius 3 is 2.57 bits per heavy atom. The summed E-state index contributed by atoms with van der Waals surface area (Å²) in [6.45, 7) is 5.24. The summed E-state index contributed by atoms with van der Waals surface area (Å²) in [4.78, 5) is 12.0. The van der Waals surface area contributed by atoms with Crippen molar-refractivity contribution in [3.63, 3.8) is 0 Å². The molecule has 0 spiro atoms. The van der Waals surface area contributed by atoms with Crippen LogP contribution in [0.1, 0.15) is 28.2 Å². The predicted molar refractivity (Wildman–Crippen MR) is 81.9 cm³/mol. The molecule has 0 fully saturated rings. The second-order valence-electron chi connectivity index (χ2n) is 4.99. The van der Waals surface area contributed by atoms with Gasteiger partial charge < -0.3 is 10.1 Å². The molecule has 21 heavy (non-hydrogen) atoms. The van der Waals surface area contributed by atoms with E-state index in [4.69, 9.17) is 4.74 Å². The van der Waals surface area contributed by atoms with Crippen molar-refractivity contribution in [3.05, 3.63) is 47.3 Å². The molecule has 2 rings (SSSR count). The quantitative estimate of drug-likeness (QED) is 0.829. The van der Waals surface area contributed by atoms with Crippen LogP contribution >= 0.6 is 0 Å². The van der Waals surface area contributed by atoms with Crippen LogP contribution in [0.25, 0.3) is 5.69 Å². The van der Waals surface area contributed by atoms with E-state index in [1.165, 1.54) is 0 Å². The van der Waals surface area contributed by atoms with Crippen molar-refractivity contribution >= 4 is 5.91 Å². The number of aryl methyl sites for hydroxylation is 2. The first kappa shape index (κ1) is 15.3. The standard InChI is InChI=1S/C16H21N3O2/c1-12-11-13(2)19(18-12)15-7-5-14(6-8-15)16(20)17-9-4-10-21-3/h5-8,11H,4,9-10H2,1-3H3,(H,17,20). The van der Waals surface area contributed by atoms with Crippen molar-refractivity contribution in [2.45, 2.75) is 20.3 Å². The molecule has 0 aliphatic carbocycles.